The van der Waals surface area contributed by atoms with Crippen LogP contribution < -0.4 is 10.1 Å². The van der Waals surface area contributed by atoms with Crippen molar-refractivity contribution in [1.82, 2.24) is 10.3 Å². The third-order valence-corrected chi connectivity index (χ3v) is 3.58. The van der Waals surface area contributed by atoms with Crippen LogP contribution in [0.2, 0.25) is 0 Å². The molecule has 106 valence electrons. The molecule has 0 aliphatic heterocycles. The Morgan fingerprint density at radius 1 is 1.30 bits per heavy atom. The summed E-state index contributed by atoms with van der Waals surface area (Å²) >= 11 is 1.62. The lowest BCUT2D eigenvalue weighted by atomic mass is 10.2. The minimum absolute atomic E-state index is 0.0408. The summed E-state index contributed by atoms with van der Waals surface area (Å²) in [6, 6.07) is 7.64. The highest BCUT2D eigenvalue weighted by Gasteiger charge is 2.03. The van der Waals surface area contributed by atoms with Gasteiger partial charge in [-0.05, 0) is 26.0 Å². The Morgan fingerprint density at radius 2 is 2.05 bits per heavy atom. The number of hydrogen-bond acceptors (Lipinski definition) is 4. The number of aromatic nitrogens is 1. The standard InChI is InChI=1S/C15H18N2O2S/c1-11-3-5-14(6-4-11)19-9-15(18)16-8-7-13-10-20-12(2)17-13/h3-6,10H,7-9H2,1-2H3,(H,16,18). The molecule has 0 fully saturated rings. The molecule has 1 N–H and O–H groups in total. The number of amides is 1. The van der Waals surface area contributed by atoms with Crippen LogP contribution >= 0.6 is 11.3 Å². The Hall–Kier alpha value is -1.88. The molecule has 0 bridgehead atoms. The highest BCUT2D eigenvalue weighted by atomic mass is 32.1. The maximum Gasteiger partial charge on any atom is 0.257 e. The van der Waals surface area contributed by atoms with E-state index in [-0.39, 0.29) is 12.5 Å². The van der Waals surface area contributed by atoms with E-state index in [2.05, 4.69) is 10.3 Å². The van der Waals surface area contributed by atoms with E-state index in [1.807, 2.05) is 43.5 Å². The summed E-state index contributed by atoms with van der Waals surface area (Å²) in [5, 5.41) is 5.89. The molecule has 1 aromatic carbocycles. The molecule has 5 heteroatoms. The molecule has 0 aliphatic rings. The van der Waals surface area contributed by atoms with Gasteiger partial charge in [0.15, 0.2) is 6.61 Å². The number of thiazole rings is 1. The number of ether oxygens (including phenoxy) is 1. The fourth-order valence-corrected chi connectivity index (χ4v) is 2.33. The van der Waals surface area contributed by atoms with Gasteiger partial charge in [-0.3, -0.25) is 4.79 Å². The first-order valence-corrected chi connectivity index (χ1v) is 7.38. The lowest BCUT2D eigenvalue weighted by Gasteiger charge is -2.07. The molecule has 0 saturated heterocycles. The van der Waals surface area contributed by atoms with Crippen LogP contribution in [0, 0.1) is 13.8 Å². The van der Waals surface area contributed by atoms with Crippen LogP contribution in [0.3, 0.4) is 0 Å². The summed E-state index contributed by atoms with van der Waals surface area (Å²) in [7, 11) is 0. The van der Waals surface area contributed by atoms with Crippen LogP contribution in [0.4, 0.5) is 0 Å². The van der Waals surface area contributed by atoms with E-state index in [1.54, 1.807) is 11.3 Å². The zero-order valence-electron chi connectivity index (χ0n) is 11.7. The number of benzene rings is 1. The highest BCUT2D eigenvalue weighted by Crippen LogP contribution is 2.11. The third-order valence-electron chi connectivity index (χ3n) is 2.76. The number of carbonyl (C=O) groups excluding carboxylic acids is 1. The van der Waals surface area contributed by atoms with E-state index in [4.69, 9.17) is 4.74 Å². The predicted octanol–water partition coefficient (Wildman–Crippen LogP) is 2.50. The summed E-state index contributed by atoms with van der Waals surface area (Å²) in [4.78, 5) is 16.0. The van der Waals surface area contributed by atoms with Gasteiger partial charge >= 0.3 is 0 Å². The van der Waals surface area contributed by atoms with E-state index >= 15 is 0 Å². The van der Waals surface area contributed by atoms with Crippen molar-refractivity contribution in [1.29, 1.82) is 0 Å². The lowest BCUT2D eigenvalue weighted by Crippen LogP contribution is -2.30. The molecule has 1 heterocycles. The fraction of sp³-hybridized carbons (Fsp3) is 0.333. The van der Waals surface area contributed by atoms with Gasteiger partial charge in [0.1, 0.15) is 5.75 Å². The quantitative estimate of drug-likeness (QED) is 0.889. The molecule has 2 aromatic rings. The van der Waals surface area contributed by atoms with Gasteiger partial charge in [-0.25, -0.2) is 4.98 Å². The summed E-state index contributed by atoms with van der Waals surface area (Å²) in [6.07, 6.45) is 0.751. The number of rotatable bonds is 6. The zero-order chi connectivity index (χ0) is 14.4. The van der Waals surface area contributed by atoms with Crippen molar-refractivity contribution < 1.29 is 9.53 Å². The number of hydrogen-bond donors (Lipinski definition) is 1. The summed E-state index contributed by atoms with van der Waals surface area (Å²) in [6.45, 7) is 4.61. The van der Waals surface area contributed by atoms with Gasteiger partial charge in [0.25, 0.3) is 5.91 Å². The number of aryl methyl sites for hydroxylation is 2. The van der Waals surface area contributed by atoms with Crippen LogP contribution in [-0.4, -0.2) is 24.0 Å². The maximum absolute atomic E-state index is 11.6. The second kappa shape index (κ2) is 7.05. The average Bonchev–Trinajstić information content (AvgIpc) is 2.84. The lowest BCUT2D eigenvalue weighted by molar-refractivity contribution is -0.123. The minimum atomic E-state index is -0.113. The molecule has 1 amide bonds. The van der Waals surface area contributed by atoms with Crippen LogP contribution in [0.1, 0.15) is 16.3 Å². The smallest absolute Gasteiger partial charge is 0.257 e. The molecule has 0 atom stereocenters. The summed E-state index contributed by atoms with van der Waals surface area (Å²) in [5.41, 5.74) is 2.19. The van der Waals surface area contributed by atoms with Crippen LogP contribution in [-0.2, 0) is 11.2 Å². The van der Waals surface area contributed by atoms with Crippen LogP contribution in [0.15, 0.2) is 29.6 Å². The maximum atomic E-state index is 11.6. The third kappa shape index (κ3) is 4.66. The van der Waals surface area contributed by atoms with Gasteiger partial charge in [0.2, 0.25) is 0 Å². The van der Waals surface area contributed by atoms with E-state index in [9.17, 15) is 4.79 Å². The van der Waals surface area contributed by atoms with Crippen molar-refractivity contribution in [2.45, 2.75) is 20.3 Å². The molecule has 2 rings (SSSR count). The Balaban J connectivity index is 1.66. The summed E-state index contributed by atoms with van der Waals surface area (Å²) < 4.78 is 5.40. The first-order valence-electron chi connectivity index (χ1n) is 6.50. The van der Waals surface area contributed by atoms with Gasteiger partial charge < -0.3 is 10.1 Å². The highest BCUT2D eigenvalue weighted by molar-refractivity contribution is 7.09. The first-order chi connectivity index (χ1) is 9.63. The molecule has 0 saturated carbocycles. The molecule has 0 spiro atoms. The largest absolute Gasteiger partial charge is 0.484 e. The topological polar surface area (TPSA) is 51.2 Å². The number of nitrogens with zero attached hydrogens (tertiary/aromatic N) is 1. The minimum Gasteiger partial charge on any atom is -0.484 e. The van der Waals surface area contributed by atoms with E-state index < -0.39 is 0 Å². The van der Waals surface area contributed by atoms with Crippen LogP contribution in [0.5, 0.6) is 5.75 Å². The SMILES string of the molecule is Cc1ccc(OCC(=O)NCCc2csc(C)n2)cc1. The molecule has 1 aromatic heterocycles. The zero-order valence-corrected chi connectivity index (χ0v) is 12.5. The fourth-order valence-electron chi connectivity index (χ4n) is 1.69. The second-order valence-corrected chi connectivity index (χ2v) is 5.62. The van der Waals surface area contributed by atoms with Gasteiger partial charge in [-0.15, -0.1) is 11.3 Å². The van der Waals surface area contributed by atoms with Gasteiger partial charge in [0.05, 0.1) is 10.7 Å². The Bertz CT molecular complexity index is 564. The Morgan fingerprint density at radius 3 is 2.70 bits per heavy atom. The van der Waals surface area contributed by atoms with E-state index in [0.717, 1.165) is 17.1 Å². The summed E-state index contributed by atoms with van der Waals surface area (Å²) in [5.74, 6) is 0.596. The van der Waals surface area contributed by atoms with Crippen molar-refractivity contribution in [3.05, 3.63) is 45.9 Å². The monoisotopic (exact) mass is 290 g/mol. The molecular formula is C15H18N2O2S. The first kappa shape index (κ1) is 14.5. The average molecular weight is 290 g/mol. The van der Waals surface area contributed by atoms with Crippen molar-refractivity contribution in [3.63, 3.8) is 0 Å². The normalized spacial score (nSPS) is 10.3. The molecular weight excluding hydrogens is 272 g/mol. The predicted molar refractivity (Wildman–Crippen MR) is 80.2 cm³/mol. The molecule has 4 nitrogen and oxygen atoms in total. The molecule has 20 heavy (non-hydrogen) atoms. The van der Waals surface area contributed by atoms with Crippen molar-refractivity contribution in [3.8, 4) is 5.75 Å². The molecule has 0 radical (unpaired) electrons. The van der Waals surface area contributed by atoms with Crippen LogP contribution in [0.25, 0.3) is 0 Å². The molecule has 0 aliphatic carbocycles. The second-order valence-electron chi connectivity index (χ2n) is 4.56. The number of carbonyl (C=O) groups is 1. The van der Waals surface area contributed by atoms with E-state index in [0.29, 0.717) is 12.3 Å². The van der Waals surface area contributed by atoms with Gasteiger partial charge in [-0.2, -0.15) is 0 Å². The van der Waals surface area contributed by atoms with Crippen molar-refractivity contribution in [2.75, 3.05) is 13.2 Å². The Labute approximate surface area is 122 Å². The van der Waals surface area contributed by atoms with Gasteiger partial charge in [-0.1, -0.05) is 17.7 Å². The Kier molecular flexibility index (Phi) is 5.12. The van der Waals surface area contributed by atoms with Gasteiger partial charge in [0, 0.05) is 18.3 Å². The molecule has 0 unspecified atom stereocenters. The van der Waals surface area contributed by atoms with Crippen molar-refractivity contribution >= 4 is 17.2 Å². The number of nitrogens with one attached hydrogen (secondary N) is 1. The van der Waals surface area contributed by atoms with Crippen molar-refractivity contribution in [2.24, 2.45) is 0 Å². The van der Waals surface area contributed by atoms with E-state index in [1.165, 1.54) is 5.56 Å².